The molecule has 2 unspecified atom stereocenters. The van der Waals surface area contributed by atoms with Gasteiger partial charge in [-0.25, -0.2) is 24.1 Å². The van der Waals surface area contributed by atoms with Gasteiger partial charge in [-0.15, -0.1) is 0 Å². The third-order valence-electron chi connectivity index (χ3n) is 8.66. The fraction of sp³-hybridized carbons (Fsp3) is 0.406. The van der Waals surface area contributed by atoms with Gasteiger partial charge < -0.3 is 33.8 Å². The van der Waals surface area contributed by atoms with Gasteiger partial charge in [0, 0.05) is 38.5 Å². The van der Waals surface area contributed by atoms with Crippen LogP contribution in [0.25, 0.3) is 33.6 Å². The number of nitrogens with zero attached hydrogens (tertiary/aromatic N) is 7. The molecular formula is C32H34F2N8O4. The molecule has 7 rings (SSSR count). The van der Waals surface area contributed by atoms with Crippen LogP contribution in [0.3, 0.4) is 0 Å². The van der Waals surface area contributed by atoms with Gasteiger partial charge in [0.1, 0.15) is 24.0 Å². The molecule has 240 valence electrons. The first-order valence-corrected chi connectivity index (χ1v) is 15.4. The van der Waals surface area contributed by atoms with Gasteiger partial charge in [0.15, 0.2) is 11.5 Å². The summed E-state index contributed by atoms with van der Waals surface area (Å²) in [5, 5.41) is 12.1. The molecule has 46 heavy (non-hydrogen) atoms. The van der Waals surface area contributed by atoms with E-state index < -0.39 is 24.8 Å². The van der Waals surface area contributed by atoms with Crippen LogP contribution in [0.5, 0.6) is 5.75 Å². The monoisotopic (exact) mass is 632 g/mol. The Morgan fingerprint density at radius 1 is 1.22 bits per heavy atom. The van der Waals surface area contributed by atoms with Gasteiger partial charge >= 0.3 is 6.09 Å². The van der Waals surface area contributed by atoms with Gasteiger partial charge in [0.2, 0.25) is 5.95 Å². The summed E-state index contributed by atoms with van der Waals surface area (Å²) in [6, 6.07) is 8.76. The minimum atomic E-state index is -1.34. The molecule has 4 aromatic heterocycles. The average Bonchev–Trinajstić information content (AvgIpc) is 3.51. The molecule has 2 aliphatic rings. The number of imidazole rings is 2. The second kappa shape index (κ2) is 11.7. The van der Waals surface area contributed by atoms with Gasteiger partial charge in [0.05, 0.1) is 47.6 Å². The first-order valence-electron chi connectivity index (χ1n) is 15.4. The number of ether oxygens (including phenoxy) is 1. The van der Waals surface area contributed by atoms with Gasteiger partial charge in [-0.2, -0.15) is 4.39 Å². The third-order valence-corrected chi connectivity index (χ3v) is 8.66. The highest BCUT2D eigenvalue weighted by molar-refractivity contribution is 5.99. The lowest BCUT2D eigenvalue weighted by Crippen LogP contribution is -2.48. The van der Waals surface area contributed by atoms with Crippen LogP contribution in [-0.2, 0) is 26.6 Å². The highest BCUT2D eigenvalue weighted by atomic mass is 19.1. The number of carboxylic acid groups (broad SMARTS) is 1. The zero-order valence-corrected chi connectivity index (χ0v) is 25.5. The minimum Gasteiger partial charge on any atom is -0.487 e. The number of nitrogens with one attached hydrogen (secondary N) is 1. The van der Waals surface area contributed by atoms with Crippen molar-refractivity contribution in [2.45, 2.75) is 51.4 Å². The molecule has 0 spiro atoms. The van der Waals surface area contributed by atoms with E-state index >= 15 is 0 Å². The quantitative estimate of drug-likeness (QED) is 0.221. The van der Waals surface area contributed by atoms with Crippen molar-refractivity contribution in [3.8, 4) is 17.3 Å². The Kier molecular flexibility index (Phi) is 7.57. The number of carbonyl (C=O) groups is 2. The van der Waals surface area contributed by atoms with Crippen molar-refractivity contribution in [2.75, 3.05) is 19.8 Å². The van der Waals surface area contributed by atoms with Crippen molar-refractivity contribution in [1.29, 1.82) is 0 Å². The van der Waals surface area contributed by atoms with Gasteiger partial charge in [-0.05, 0) is 43.9 Å². The molecule has 0 radical (unpaired) electrons. The van der Waals surface area contributed by atoms with Gasteiger partial charge in [-0.1, -0.05) is 12.1 Å². The normalized spacial score (nSPS) is 16.2. The van der Waals surface area contributed by atoms with Crippen molar-refractivity contribution in [3.05, 3.63) is 60.1 Å². The summed E-state index contributed by atoms with van der Waals surface area (Å²) in [7, 11) is 1.91. The maximum Gasteiger partial charge on any atom is 0.405 e. The summed E-state index contributed by atoms with van der Waals surface area (Å²) in [5.74, 6) is 1.10. The van der Waals surface area contributed by atoms with Crippen LogP contribution in [0.15, 0.2) is 42.9 Å². The van der Waals surface area contributed by atoms with E-state index in [4.69, 9.17) is 19.8 Å². The van der Waals surface area contributed by atoms with Crippen LogP contribution in [-0.4, -0.2) is 82.6 Å². The topological polar surface area (TPSA) is 132 Å². The molecular weight excluding hydrogens is 598 g/mol. The van der Waals surface area contributed by atoms with Gasteiger partial charge in [0.25, 0.3) is 5.91 Å². The van der Waals surface area contributed by atoms with E-state index in [2.05, 4.69) is 20.9 Å². The van der Waals surface area contributed by atoms with Crippen molar-refractivity contribution in [1.82, 2.24) is 38.9 Å². The summed E-state index contributed by atoms with van der Waals surface area (Å²) in [5.41, 5.74) is 4.07. The Balaban J connectivity index is 1.24. The number of benzene rings is 1. The van der Waals surface area contributed by atoms with Crippen molar-refractivity contribution in [2.24, 2.45) is 13.0 Å². The van der Waals surface area contributed by atoms with Crippen LogP contribution in [0.4, 0.5) is 13.6 Å². The highest BCUT2D eigenvalue weighted by Gasteiger charge is 2.31. The molecule has 5 heterocycles. The highest BCUT2D eigenvalue weighted by Crippen LogP contribution is 2.39. The number of halogens is 2. The summed E-state index contributed by atoms with van der Waals surface area (Å²) in [6.45, 7) is 2.48. The van der Waals surface area contributed by atoms with Crippen molar-refractivity contribution >= 4 is 34.1 Å². The maximum atomic E-state index is 13.5. The lowest BCUT2D eigenvalue weighted by atomic mass is 10.0. The van der Waals surface area contributed by atoms with E-state index in [-0.39, 0.29) is 18.6 Å². The molecule has 2 amide bonds. The molecule has 1 aliphatic heterocycles. The minimum absolute atomic E-state index is 0.0733. The first-order chi connectivity index (χ1) is 22.2. The van der Waals surface area contributed by atoms with E-state index in [1.807, 2.05) is 36.7 Å². The van der Waals surface area contributed by atoms with E-state index in [9.17, 15) is 18.4 Å². The predicted molar refractivity (Wildman–Crippen MR) is 165 cm³/mol. The number of para-hydroxylation sites is 1. The van der Waals surface area contributed by atoms with Crippen LogP contribution < -0.4 is 10.1 Å². The molecule has 1 fully saturated rings. The second-order valence-corrected chi connectivity index (χ2v) is 12.2. The zero-order chi connectivity index (χ0) is 32.1. The number of hydrogen-bond donors (Lipinski definition) is 2. The Morgan fingerprint density at radius 3 is 2.76 bits per heavy atom. The molecule has 1 saturated carbocycles. The number of fused-ring (bicyclic) bond motifs is 3. The molecule has 0 saturated heterocycles. The molecule has 2 N–H and O–H groups in total. The lowest BCUT2D eigenvalue weighted by Gasteiger charge is -2.30. The Morgan fingerprint density at radius 2 is 2.04 bits per heavy atom. The zero-order valence-electron chi connectivity index (χ0n) is 25.5. The van der Waals surface area contributed by atoms with E-state index in [1.165, 1.54) is 17.4 Å². The van der Waals surface area contributed by atoms with Gasteiger partial charge in [-0.3, -0.25) is 4.79 Å². The average molecular weight is 633 g/mol. The number of rotatable bonds is 11. The molecule has 14 heteroatoms. The van der Waals surface area contributed by atoms with E-state index in [0.717, 1.165) is 41.7 Å². The molecule has 1 aliphatic carbocycles. The van der Waals surface area contributed by atoms with Crippen LogP contribution in [0.2, 0.25) is 0 Å². The largest absolute Gasteiger partial charge is 0.487 e. The second-order valence-electron chi connectivity index (χ2n) is 12.2. The Bertz CT molecular complexity index is 1960. The Labute approximate surface area is 262 Å². The van der Waals surface area contributed by atoms with Crippen LogP contribution in [0, 0.1) is 11.9 Å². The maximum absolute atomic E-state index is 13.5. The number of amides is 2. The summed E-state index contributed by atoms with van der Waals surface area (Å²) >= 11 is 0. The number of aromatic nitrogens is 6. The number of aryl methyl sites for hydroxylation is 1. The number of pyridine rings is 1. The number of hydrogen-bond acceptors (Lipinski definition) is 6. The molecule has 2 atom stereocenters. The third kappa shape index (κ3) is 5.63. The lowest BCUT2D eigenvalue weighted by molar-refractivity contribution is 0.0712. The fourth-order valence-corrected chi connectivity index (χ4v) is 6.32. The predicted octanol–water partition coefficient (Wildman–Crippen LogP) is 4.41. The molecule has 12 nitrogen and oxygen atoms in total. The van der Waals surface area contributed by atoms with E-state index in [1.54, 1.807) is 10.6 Å². The number of alkyl halides is 1. The fourth-order valence-electron chi connectivity index (χ4n) is 6.32. The smallest absolute Gasteiger partial charge is 0.405 e. The van der Waals surface area contributed by atoms with E-state index in [0.29, 0.717) is 53.7 Å². The number of carbonyl (C=O) groups excluding carboxylic acids is 1. The standard InChI is InChI=1S/C32H34F2N8O4/c1-18(13-40-16-27(34)35-17-40)46-26-5-3-4-20-10-25(42(28(20)26)14-19-6-7-19)30-38-24-11-22-23(37-29(24)39(30)2)8-9-41(31(22)43)15-21(12-33)36-32(44)45/h3-5,10-11,16-19,21,36H,6-9,12-15H2,1-2H3,(H,44,45). The SMILES string of the molecule is CC(Cn1cnc(F)c1)Oc1cccc2cc(-c3nc4cc5c(nc4n3C)CCN(CC(CF)NC(=O)O)C5=O)n(CC3CC3)c12. The molecule has 5 aromatic rings. The summed E-state index contributed by atoms with van der Waals surface area (Å²) in [6.07, 6.45) is 3.94. The summed E-state index contributed by atoms with van der Waals surface area (Å²) in [4.78, 5) is 39.4. The van der Waals surface area contributed by atoms with Crippen LogP contribution >= 0.6 is 0 Å². The Hall–Kier alpha value is -5.01. The molecule has 0 bridgehead atoms. The molecule has 1 aromatic carbocycles. The summed E-state index contributed by atoms with van der Waals surface area (Å²) < 4.78 is 39.2. The van der Waals surface area contributed by atoms with Crippen molar-refractivity contribution in [3.63, 3.8) is 0 Å². The van der Waals surface area contributed by atoms with Crippen LogP contribution in [0.1, 0.15) is 35.8 Å². The van der Waals surface area contributed by atoms with Crippen molar-refractivity contribution < 1.29 is 28.2 Å². The first kappa shape index (κ1) is 29.7.